The van der Waals surface area contributed by atoms with Crippen LogP contribution in [0.3, 0.4) is 0 Å². The lowest BCUT2D eigenvalue weighted by Gasteiger charge is -2.12. The molecule has 1 atom stereocenters. The van der Waals surface area contributed by atoms with E-state index in [4.69, 9.17) is 9.47 Å². The minimum Gasteiger partial charge on any atom is -0.355 e. The first-order chi connectivity index (χ1) is 6.39. The maximum absolute atomic E-state index is 11.3. The molecule has 0 aliphatic heterocycles. The van der Waals surface area contributed by atoms with Crippen molar-refractivity contribution < 1.29 is 22.1 Å². The van der Waals surface area contributed by atoms with Crippen LogP contribution in [-0.4, -0.2) is 56.7 Å². The summed E-state index contributed by atoms with van der Waals surface area (Å²) in [7, 11) is -1.38. The van der Waals surface area contributed by atoms with Gasteiger partial charge in [0.25, 0.3) is 0 Å². The van der Waals surface area contributed by atoms with E-state index >= 15 is 0 Å². The van der Waals surface area contributed by atoms with Crippen LogP contribution in [0.5, 0.6) is 0 Å². The predicted octanol–water partition coefficient (Wildman–Crippen LogP) is -0.601. The molecule has 0 aliphatic rings. The molecule has 0 fully saturated rings. The van der Waals surface area contributed by atoms with Crippen molar-refractivity contribution in [3.63, 3.8) is 0 Å². The van der Waals surface area contributed by atoms with Crippen LogP contribution >= 0.6 is 0 Å². The fraction of sp³-hybridized carbons (Fsp3) is 1.00. The minimum atomic E-state index is -3.04. The van der Waals surface area contributed by atoms with Crippen LogP contribution in [0.4, 0.5) is 0 Å². The first kappa shape index (κ1) is 14.0. The number of hydrogen-bond acceptors (Lipinski definition) is 5. The molecule has 0 bridgehead atoms. The fourth-order valence-corrected chi connectivity index (χ4v) is 3.41. The smallest absolute Gasteiger partial charge is 0.168 e. The fourth-order valence-electron chi connectivity index (χ4n) is 0.712. The monoisotopic (exact) mass is 244 g/mol. The summed E-state index contributed by atoms with van der Waals surface area (Å²) in [5, 5.41) is 0. The second kappa shape index (κ2) is 6.49. The van der Waals surface area contributed by atoms with Gasteiger partial charge in [-0.05, 0) is 0 Å². The van der Waals surface area contributed by atoms with Gasteiger partial charge in [0.05, 0.1) is 11.5 Å². The van der Waals surface area contributed by atoms with Crippen molar-refractivity contribution in [3.05, 3.63) is 0 Å². The van der Waals surface area contributed by atoms with Crippen molar-refractivity contribution >= 4 is 20.6 Å². The molecule has 5 nitrogen and oxygen atoms in total. The molecule has 0 saturated heterocycles. The van der Waals surface area contributed by atoms with E-state index in [0.29, 0.717) is 0 Å². The Labute approximate surface area is 87.2 Å². The molecule has 0 aromatic rings. The number of ether oxygens (including phenoxy) is 2. The second-order valence-corrected chi connectivity index (χ2v) is 6.72. The SMILES string of the molecule is COC(CS(=O)CCS(C)(=O)=O)OC. The first-order valence-corrected chi connectivity index (χ1v) is 7.52. The summed E-state index contributed by atoms with van der Waals surface area (Å²) in [4.78, 5) is 0. The molecule has 0 heterocycles. The zero-order valence-corrected chi connectivity index (χ0v) is 10.2. The molecule has 0 N–H and O–H groups in total. The van der Waals surface area contributed by atoms with E-state index in [1.165, 1.54) is 14.2 Å². The molecule has 7 heteroatoms. The first-order valence-electron chi connectivity index (χ1n) is 3.97. The van der Waals surface area contributed by atoms with E-state index in [-0.39, 0.29) is 17.3 Å². The quantitative estimate of drug-likeness (QED) is 0.559. The van der Waals surface area contributed by atoms with Crippen molar-refractivity contribution in [2.45, 2.75) is 6.29 Å². The average molecular weight is 244 g/mol. The molecule has 0 spiro atoms. The van der Waals surface area contributed by atoms with Crippen LogP contribution in [0.1, 0.15) is 0 Å². The van der Waals surface area contributed by atoms with Crippen molar-refractivity contribution in [1.82, 2.24) is 0 Å². The van der Waals surface area contributed by atoms with Gasteiger partial charge >= 0.3 is 0 Å². The summed E-state index contributed by atoms with van der Waals surface area (Å²) < 4.78 is 42.5. The zero-order valence-electron chi connectivity index (χ0n) is 8.56. The Morgan fingerprint density at radius 3 is 2.14 bits per heavy atom. The molecule has 0 aliphatic carbocycles. The van der Waals surface area contributed by atoms with Crippen molar-refractivity contribution in [2.75, 3.05) is 37.7 Å². The Hall–Kier alpha value is 0.0200. The highest BCUT2D eigenvalue weighted by Crippen LogP contribution is 1.96. The molecule has 14 heavy (non-hydrogen) atoms. The Bertz CT molecular complexity index is 268. The van der Waals surface area contributed by atoms with Crippen LogP contribution in [0.2, 0.25) is 0 Å². The van der Waals surface area contributed by atoms with Crippen LogP contribution in [0.15, 0.2) is 0 Å². The standard InChI is InChI=1S/C7H16O5S2/c1-11-7(12-2)6-13(8)4-5-14(3,9)10/h7H,4-6H2,1-3H3. The highest BCUT2D eigenvalue weighted by molar-refractivity contribution is 7.92. The highest BCUT2D eigenvalue weighted by Gasteiger charge is 2.12. The second-order valence-electron chi connectivity index (χ2n) is 2.84. The van der Waals surface area contributed by atoms with Crippen molar-refractivity contribution in [3.8, 4) is 0 Å². The van der Waals surface area contributed by atoms with Gasteiger partial charge in [0.15, 0.2) is 6.29 Å². The Morgan fingerprint density at radius 1 is 1.29 bits per heavy atom. The maximum Gasteiger partial charge on any atom is 0.168 e. The Balaban J connectivity index is 3.87. The molecule has 0 rings (SSSR count). The molecule has 86 valence electrons. The summed E-state index contributed by atoms with van der Waals surface area (Å²) in [6, 6.07) is 0. The Morgan fingerprint density at radius 2 is 1.79 bits per heavy atom. The van der Waals surface area contributed by atoms with Crippen LogP contribution in [-0.2, 0) is 30.1 Å². The van der Waals surface area contributed by atoms with E-state index in [0.717, 1.165) is 6.26 Å². The lowest BCUT2D eigenvalue weighted by Crippen LogP contribution is -2.24. The molecule has 0 amide bonds. The van der Waals surface area contributed by atoms with Crippen molar-refractivity contribution in [1.29, 1.82) is 0 Å². The van der Waals surface area contributed by atoms with E-state index in [1.54, 1.807) is 0 Å². The molecule has 0 saturated carbocycles. The molecular weight excluding hydrogens is 228 g/mol. The van der Waals surface area contributed by atoms with Crippen LogP contribution in [0, 0.1) is 0 Å². The van der Waals surface area contributed by atoms with Gasteiger partial charge in [-0.15, -0.1) is 0 Å². The maximum atomic E-state index is 11.3. The Kier molecular flexibility index (Phi) is 6.50. The average Bonchev–Trinajstić information content (AvgIpc) is 2.09. The van der Waals surface area contributed by atoms with Crippen molar-refractivity contribution in [2.24, 2.45) is 0 Å². The van der Waals surface area contributed by atoms with E-state index in [9.17, 15) is 12.6 Å². The molecule has 0 aromatic carbocycles. The van der Waals surface area contributed by atoms with Gasteiger partial charge in [-0.25, -0.2) is 8.42 Å². The largest absolute Gasteiger partial charge is 0.355 e. The van der Waals surface area contributed by atoms with E-state index in [1.807, 2.05) is 0 Å². The number of sulfone groups is 1. The summed E-state index contributed by atoms with van der Waals surface area (Å²) in [5.41, 5.74) is 0. The molecule has 1 unspecified atom stereocenters. The number of hydrogen-bond donors (Lipinski definition) is 0. The lowest BCUT2D eigenvalue weighted by atomic mass is 10.7. The number of rotatable bonds is 7. The molecule has 0 radical (unpaired) electrons. The third-order valence-electron chi connectivity index (χ3n) is 1.53. The summed E-state index contributed by atoms with van der Waals surface area (Å²) in [6.07, 6.45) is 0.587. The third kappa shape index (κ3) is 7.43. The minimum absolute atomic E-state index is 0.0697. The van der Waals surface area contributed by atoms with Gasteiger partial charge in [-0.2, -0.15) is 0 Å². The van der Waals surface area contributed by atoms with E-state index in [2.05, 4.69) is 0 Å². The van der Waals surface area contributed by atoms with Gasteiger partial charge in [0.1, 0.15) is 9.84 Å². The van der Waals surface area contributed by atoms with Gasteiger partial charge < -0.3 is 9.47 Å². The summed E-state index contributed by atoms with van der Waals surface area (Å²) >= 11 is 0. The zero-order chi connectivity index (χ0) is 11.2. The van der Waals surface area contributed by atoms with Gasteiger partial charge in [-0.1, -0.05) is 0 Å². The highest BCUT2D eigenvalue weighted by atomic mass is 32.2. The van der Waals surface area contributed by atoms with E-state index < -0.39 is 26.9 Å². The van der Waals surface area contributed by atoms with Crippen LogP contribution in [0.25, 0.3) is 0 Å². The van der Waals surface area contributed by atoms with Crippen LogP contribution < -0.4 is 0 Å². The third-order valence-corrected chi connectivity index (χ3v) is 4.04. The lowest BCUT2D eigenvalue weighted by molar-refractivity contribution is -0.0847. The van der Waals surface area contributed by atoms with Gasteiger partial charge in [0, 0.05) is 37.0 Å². The number of methoxy groups -OCH3 is 2. The van der Waals surface area contributed by atoms with Gasteiger partial charge in [-0.3, -0.25) is 4.21 Å². The molecule has 0 aromatic heterocycles. The topological polar surface area (TPSA) is 69.7 Å². The molecular formula is C7H16O5S2. The van der Waals surface area contributed by atoms with Gasteiger partial charge in [0.2, 0.25) is 0 Å². The summed E-state index contributed by atoms with van der Waals surface area (Å²) in [6.45, 7) is 0. The normalized spacial score (nSPS) is 14.6. The summed E-state index contributed by atoms with van der Waals surface area (Å²) in [5.74, 6) is 0.254. The predicted molar refractivity (Wildman–Crippen MR) is 55.4 cm³/mol.